The monoisotopic (exact) mass is 362 g/mol. The van der Waals surface area contributed by atoms with Crippen molar-refractivity contribution < 1.29 is 5.11 Å². The highest BCUT2D eigenvalue weighted by molar-refractivity contribution is 7.99. The van der Waals surface area contributed by atoms with Gasteiger partial charge < -0.3 is 15.4 Å². The molecule has 3 N–H and O–H groups in total. The van der Waals surface area contributed by atoms with Crippen molar-refractivity contribution in [1.82, 2.24) is 4.57 Å². The minimum absolute atomic E-state index is 0. The molecule has 0 bridgehead atoms. The summed E-state index contributed by atoms with van der Waals surface area (Å²) in [4.78, 5) is 1.21. The smallest absolute Gasteiger partial charge is 0.0838 e. The molecule has 0 aliphatic heterocycles. The van der Waals surface area contributed by atoms with E-state index in [0.29, 0.717) is 6.42 Å². The van der Waals surface area contributed by atoms with Gasteiger partial charge in [-0.2, -0.15) is 0 Å². The zero-order valence-corrected chi connectivity index (χ0v) is 15.5. The van der Waals surface area contributed by atoms with Crippen LogP contribution in [0.2, 0.25) is 0 Å². The van der Waals surface area contributed by atoms with Gasteiger partial charge in [-0.05, 0) is 37.1 Å². The lowest BCUT2D eigenvalue weighted by Gasteiger charge is -2.11. The van der Waals surface area contributed by atoms with E-state index in [9.17, 15) is 5.11 Å². The fraction of sp³-hybridized carbons (Fsp3) is 0.263. The highest BCUT2D eigenvalue weighted by Crippen LogP contribution is 2.37. The van der Waals surface area contributed by atoms with Gasteiger partial charge in [0.15, 0.2) is 0 Å². The first-order valence-corrected chi connectivity index (χ1v) is 8.59. The molecule has 0 fully saturated rings. The molecule has 0 aliphatic rings. The number of rotatable bonds is 5. The number of aliphatic hydroxyl groups excluding tert-OH is 1. The molecular formula is C19H23ClN2OS. The number of hydrogen-bond donors (Lipinski definition) is 2. The number of nitrogens with two attached hydrogens (primary N) is 1. The topological polar surface area (TPSA) is 51.2 Å². The minimum Gasteiger partial charge on any atom is -0.395 e. The van der Waals surface area contributed by atoms with Gasteiger partial charge in [-0.25, -0.2) is 0 Å². The normalized spacial score (nSPS) is 12.2. The number of halogens is 1. The summed E-state index contributed by atoms with van der Waals surface area (Å²) in [6, 6.07) is 16.7. The van der Waals surface area contributed by atoms with E-state index < -0.39 is 0 Å². The van der Waals surface area contributed by atoms with Crippen LogP contribution in [0.1, 0.15) is 11.1 Å². The summed E-state index contributed by atoms with van der Waals surface area (Å²) in [6.07, 6.45) is 0.673. The van der Waals surface area contributed by atoms with Crippen LogP contribution in [0.3, 0.4) is 0 Å². The standard InChI is InChI=1S/C19H22N2OS.ClH/c1-13-7-9-15(10-8-13)23-19-17(11-14(20)12-22)16-5-3-4-6-18(16)21(19)2;/h3-10,14,22H,11-12,20H2,1-2H3;1H. The molecule has 3 rings (SSSR count). The van der Waals surface area contributed by atoms with Crippen molar-refractivity contribution >= 4 is 35.1 Å². The summed E-state index contributed by atoms with van der Waals surface area (Å²) in [5.41, 5.74) is 9.69. The number of nitrogens with zero attached hydrogens (tertiary/aromatic N) is 1. The SMILES string of the molecule is Cc1ccc(Sc2c(CC(N)CO)c3ccccc3n2C)cc1.Cl. The lowest BCUT2D eigenvalue weighted by atomic mass is 10.1. The molecule has 3 aromatic rings. The third-order valence-electron chi connectivity index (χ3n) is 4.09. The third-order valence-corrected chi connectivity index (χ3v) is 5.31. The summed E-state index contributed by atoms with van der Waals surface area (Å²) in [7, 11) is 2.09. The maximum Gasteiger partial charge on any atom is 0.0838 e. The van der Waals surface area contributed by atoms with Gasteiger partial charge in [0, 0.05) is 28.9 Å². The van der Waals surface area contributed by atoms with Crippen molar-refractivity contribution in [1.29, 1.82) is 0 Å². The van der Waals surface area contributed by atoms with Gasteiger partial charge in [0.25, 0.3) is 0 Å². The van der Waals surface area contributed by atoms with Crippen LogP contribution in [0, 0.1) is 6.92 Å². The fourth-order valence-electron chi connectivity index (χ4n) is 2.82. The first-order chi connectivity index (χ1) is 11.1. The molecule has 24 heavy (non-hydrogen) atoms. The van der Waals surface area contributed by atoms with E-state index in [1.165, 1.54) is 32.0 Å². The van der Waals surface area contributed by atoms with Gasteiger partial charge in [0.1, 0.15) is 0 Å². The van der Waals surface area contributed by atoms with Crippen LogP contribution < -0.4 is 5.73 Å². The average Bonchev–Trinajstić information content (AvgIpc) is 2.83. The van der Waals surface area contributed by atoms with Gasteiger partial charge in [-0.3, -0.25) is 0 Å². The molecule has 1 heterocycles. The summed E-state index contributed by atoms with van der Waals surface area (Å²) in [5.74, 6) is 0. The number of para-hydroxylation sites is 1. The molecule has 0 spiro atoms. The van der Waals surface area contributed by atoms with Crippen molar-refractivity contribution in [2.75, 3.05) is 6.61 Å². The van der Waals surface area contributed by atoms with Crippen molar-refractivity contribution in [2.24, 2.45) is 12.8 Å². The molecular weight excluding hydrogens is 340 g/mol. The maximum absolute atomic E-state index is 9.35. The summed E-state index contributed by atoms with van der Waals surface area (Å²) >= 11 is 1.75. The van der Waals surface area contributed by atoms with Crippen LogP contribution >= 0.6 is 24.2 Å². The van der Waals surface area contributed by atoms with E-state index in [1.54, 1.807) is 11.8 Å². The first-order valence-electron chi connectivity index (χ1n) is 7.77. The van der Waals surface area contributed by atoms with Crippen molar-refractivity contribution in [3.8, 4) is 0 Å². The molecule has 1 aromatic heterocycles. The van der Waals surface area contributed by atoms with Crippen LogP contribution in [-0.4, -0.2) is 22.3 Å². The Balaban J connectivity index is 0.00000208. The van der Waals surface area contributed by atoms with Crippen LogP contribution in [0.25, 0.3) is 10.9 Å². The van der Waals surface area contributed by atoms with Gasteiger partial charge in [-0.1, -0.05) is 47.7 Å². The lowest BCUT2D eigenvalue weighted by molar-refractivity contribution is 0.265. The Labute approximate surface area is 153 Å². The highest BCUT2D eigenvalue weighted by atomic mass is 35.5. The Kier molecular flexibility index (Phi) is 6.35. The largest absolute Gasteiger partial charge is 0.395 e. The predicted octanol–water partition coefficient (Wildman–Crippen LogP) is 3.92. The molecule has 0 amide bonds. The Morgan fingerprint density at radius 2 is 1.79 bits per heavy atom. The number of hydrogen-bond acceptors (Lipinski definition) is 3. The quantitative estimate of drug-likeness (QED) is 0.723. The van der Waals surface area contributed by atoms with Gasteiger partial charge in [-0.15, -0.1) is 12.4 Å². The molecule has 0 aliphatic carbocycles. The predicted molar refractivity (Wildman–Crippen MR) is 104 cm³/mol. The third kappa shape index (κ3) is 3.78. The zero-order valence-electron chi connectivity index (χ0n) is 13.9. The summed E-state index contributed by atoms with van der Waals surface area (Å²) < 4.78 is 2.22. The molecule has 128 valence electrons. The maximum atomic E-state index is 9.35. The Morgan fingerprint density at radius 1 is 1.12 bits per heavy atom. The van der Waals surface area contributed by atoms with Gasteiger partial charge in [0.2, 0.25) is 0 Å². The number of aromatic nitrogens is 1. The van der Waals surface area contributed by atoms with E-state index in [2.05, 4.69) is 67.1 Å². The van der Waals surface area contributed by atoms with Crippen molar-refractivity contribution in [3.05, 3.63) is 59.7 Å². The molecule has 5 heteroatoms. The lowest BCUT2D eigenvalue weighted by Crippen LogP contribution is -2.27. The van der Waals surface area contributed by atoms with E-state index in [-0.39, 0.29) is 25.1 Å². The fourth-order valence-corrected chi connectivity index (χ4v) is 3.87. The van der Waals surface area contributed by atoms with Gasteiger partial charge >= 0.3 is 0 Å². The highest BCUT2D eigenvalue weighted by Gasteiger charge is 2.18. The zero-order chi connectivity index (χ0) is 16.4. The first kappa shape index (κ1) is 18.9. The van der Waals surface area contributed by atoms with Gasteiger partial charge in [0.05, 0.1) is 11.6 Å². The molecule has 0 saturated heterocycles. The second-order valence-electron chi connectivity index (χ2n) is 5.92. The molecule has 1 atom stereocenters. The Morgan fingerprint density at radius 3 is 2.46 bits per heavy atom. The van der Waals surface area contributed by atoms with Crippen LogP contribution in [0.4, 0.5) is 0 Å². The molecule has 0 saturated carbocycles. The summed E-state index contributed by atoms with van der Waals surface area (Å²) in [5, 5.41) is 11.8. The van der Waals surface area contributed by atoms with Crippen molar-refractivity contribution in [3.63, 3.8) is 0 Å². The second kappa shape index (κ2) is 8.08. The van der Waals surface area contributed by atoms with E-state index in [4.69, 9.17) is 5.73 Å². The number of benzene rings is 2. The van der Waals surface area contributed by atoms with E-state index in [1.807, 2.05) is 0 Å². The van der Waals surface area contributed by atoms with Crippen molar-refractivity contribution in [2.45, 2.75) is 29.3 Å². The van der Waals surface area contributed by atoms with E-state index in [0.717, 1.165) is 0 Å². The Hall–Kier alpha value is -1.46. The van der Waals surface area contributed by atoms with Crippen LogP contribution in [0.5, 0.6) is 0 Å². The van der Waals surface area contributed by atoms with Crippen LogP contribution in [0.15, 0.2) is 58.5 Å². The minimum atomic E-state index is -0.238. The van der Waals surface area contributed by atoms with E-state index >= 15 is 0 Å². The molecule has 0 radical (unpaired) electrons. The number of aryl methyl sites for hydroxylation is 2. The van der Waals surface area contributed by atoms with Crippen LogP contribution in [-0.2, 0) is 13.5 Å². The average molecular weight is 363 g/mol. The second-order valence-corrected chi connectivity index (χ2v) is 6.98. The molecule has 3 nitrogen and oxygen atoms in total. The molecule has 2 aromatic carbocycles. The number of aliphatic hydroxyl groups is 1. The Bertz CT molecular complexity index is 814. The summed E-state index contributed by atoms with van der Waals surface area (Å²) in [6.45, 7) is 2.09. The molecule has 1 unspecified atom stereocenters. The number of fused-ring (bicyclic) bond motifs is 1.